The Morgan fingerprint density at radius 1 is 0.517 bits per heavy atom. The van der Waals surface area contributed by atoms with Crippen LogP contribution in [0.25, 0.3) is 0 Å². The minimum atomic E-state index is -1.51. The number of likely N-dealkylation sites (N-methyl/N-ethyl adjacent to an activating group) is 1. The molecule has 0 bridgehead atoms. The Hall–Kier alpha value is -2.49. The molecule has 9 nitrogen and oxygen atoms in total. The fraction of sp³-hybridized carbons (Fsp3) is 0.816. The van der Waals surface area contributed by atoms with E-state index in [4.69, 9.17) is 18.9 Å². The Morgan fingerprint density at radius 2 is 0.931 bits per heavy atom. The SMILES string of the molecule is CCCCCCC/C=C\C/C=C\C/C=C\CCCCCCCCCCCCCCC(=O)OC(COC(=O)CCCCCCCC)COC(OCC[N+](C)(C)C)C(=O)O. The van der Waals surface area contributed by atoms with Crippen LogP contribution in [-0.4, -0.2) is 87.4 Å². The van der Waals surface area contributed by atoms with Crippen molar-refractivity contribution >= 4 is 17.9 Å². The van der Waals surface area contributed by atoms with Crippen molar-refractivity contribution in [3.05, 3.63) is 36.5 Å². The largest absolute Gasteiger partial charge is 0.477 e. The lowest BCUT2D eigenvalue weighted by Gasteiger charge is -2.25. The summed E-state index contributed by atoms with van der Waals surface area (Å²) in [6.07, 6.45) is 43.9. The van der Waals surface area contributed by atoms with Crippen LogP contribution in [0.5, 0.6) is 0 Å². The van der Waals surface area contributed by atoms with Crippen LogP contribution in [0.15, 0.2) is 36.5 Å². The van der Waals surface area contributed by atoms with Crippen molar-refractivity contribution < 1.29 is 42.9 Å². The average molecular weight is 821 g/mol. The number of carbonyl (C=O) groups excluding carboxylic acids is 2. The molecular formula is C49H90NO8+. The average Bonchev–Trinajstić information content (AvgIpc) is 3.18. The van der Waals surface area contributed by atoms with Gasteiger partial charge in [-0.2, -0.15) is 0 Å². The molecular weight excluding hydrogens is 731 g/mol. The lowest BCUT2D eigenvalue weighted by atomic mass is 10.0. The van der Waals surface area contributed by atoms with Gasteiger partial charge in [-0.05, 0) is 51.4 Å². The fourth-order valence-electron chi connectivity index (χ4n) is 6.43. The third-order valence-corrected chi connectivity index (χ3v) is 10.1. The molecule has 0 aliphatic carbocycles. The number of hydrogen-bond acceptors (Lipinski definition) is 7. The summed E-state index contributed by atoms with van der Waals surface area (Å²) < 4.78 is 22.6. The Kier molecular flexibility index (Phi) is 39.5. The second-order valence-corrected chi connectivity index (χ2v) is 17.1. The molecule has 9 heteroatoms. The molecule has 2 atom stereocenters. The molecule has 0 aliphatic heterocycles. The summed E-state index contributed by atoms with van der Waals surface area (Å²) in [5.74, 6) is -2.02. The highest BCUT2D eigenvalue weighted by molar-refractivity contribution is 5.71. The number of carboxylic acid groups (broad SMARTS) is 1. The normalized spacial score (nSPS) is 13.2. The van der Waals surface area contributed by atoms with Gasteiger partial charge >= 0.3 is 17.9 Å². The molecule has 0 aromatic heterocycles. The summed E-state index contributed by atoms with van der Waals surface area (Å²) >= 11 is 0. The first kappa shape index (κ1) is 55.5. The Morgan fingerprint density at radius 3 is 1.38 bits per heavy atom. The fourth-order valence-corrected chi connectivity index (χ4v) is 6.43. The smallest absolute Gasteiger partial charge is 0.361 e. The minimum Gasteiger partial charge on any atom is -0.477 e. The maximum absolute atomic E-state index is 12.7. The molecule has 338 valence electrons. The highest BCUT2D eigenvalue weighted by Gasteiger charge is 2.25. The van der Waals surface area contributed by atoms with Gasteiger partial charge in [0.05, 0.1) is 34.4 Å². The number of aliphatic carboxylic acids is 1. The third-order valence-electron chi connectivity index (χ3n) is 10.1. The summed E-state index contributed by atoms with van der Waals surface area (Å²) in [7, 11) is 5.95. The Bertz CT molecular complexity index is 1050. The van der Waals surface area contributed by atoms with E-state index in [0.717, 1.165) is 51.4 Å². The molecule has 0 aliphatic rings. The maximum atomic E-state index is 12.7. The zero-order valence-corrected chi connectivity index (χ0v) is 38.2. The summed E-state index contributed by atoms with van der Waals surface area (Å²) in [5, 5.41) is 9.60. The zero-order chi connectivity index (χ0) is 42.8. The lowest BCUT2D eigenvalue weighted by Crippen LogP contribution is -2.40. The van der Waals surface area contributed by atoms with Crippen molar-refractivity contribution in [1.29, 1.82) is 0 Å². The number of ether oxygens (including phenoxy) is 4. The number of rotatable bonds is 43. The molecule has 0 fully saturated rings. The summed E-state index contributed by atoms with van der Waals surface area (Å²) in [6.45, 7) is 4.79. The van der Waals surface area contributed by atoms with Gasteiger partial charge in [-0.1, -0.05) is 172 Å². The second-order valence-electron chi connectivity index (χ2n) is 17.1. The van der Waals surface area contributed by atoms with Crippen LogP contribution < -0.4 is 0 Å². The van der Waals surface area contributed by atoms with Crippen LogP contribution in [0.2, 0.25) is 0 Å². The van der Waals surface area contributed by atoms with Gasteiger partial charge in [0, 0.05) is 12.8 Å². The number of hydrogen-bond donors (Lipinski definition) is 1. The van der Waals surface area contributed by atoms with Gasteiger partial charge in [-0.15, -0.1) is 0 Å². The number of allylic oxidation sites excluding steroid dienone is 6. The van der Waals surface area contributed by atoms with Crippen LogP contribution >= 0.6 is 0 Å². The lowest BCUT2D eigenvalue weighted by molar-refractivity contribution is -0.870. The molecule has 0 aromatic rings. The van der Waals surface area contributed by atoms with E-state index in [-0.39, 0.29) is 32.2 Å². The van der Waals surface area contributed by atoms with E-state index in [9.17, 15) is 19.5 Å². The van der Waals surface area contributed by atoms with Crippen molar-refractivity contribution in [3.8, 4) is 0 Å². The maximum Gasteiger partial charge on any atom is 0.361 e. The molecule has 1 N–H and O–H groups in total. The number of nitrogens with zero attached hydrogens (tertiary/aromatic N) is 1. The van der Waals surface area contributed by atoms with E-state index in [1.807, 2.05) is 21.1 Å². The molecule has 0 rings (SSSR count). The zero-order valence-electron chi connectivity index (χ0n) is 38.2. The molecule has 0 saturated carbocycles. The topological polar surface area (TPSA) is 108 Å². The molecule has 0 spiro atoms. The Labute approximate surface area is 356 Å². The van der Waals surface area contributed by atoms with Gasteiger partial charge in [0.1, 0.15) is 13.2 Å². The summed E-state index contributed by atoms with van der Waals surface area (Å²) in [4.78, 5) is 36.9. The number of unbranched alkanes of at least 4 members (excludes halogenated alkanes) is 22. The van der Waals surface area contributed by atoms with Gasteiger partial charge in [0.2, 0.25) is 0 Å². The molecule has 0 radical (unpaired) electrons. The number of carboxylic acids is 1. The van der Waals surface area contributed by atoms with Crippen LogP contribution in [0.1, 0.15) is 200 Å². The highest BCUT2D eigenvalue weighted by atomic mass is 16.7. The van der Waals surface area contributed by atoms with E-state index in [2.05, 4.69) is 50.3 Å². The molecule has 2 unspecified atom stereocenters. The summed E-state index contributed by atoms with van der Waals surface area (Å²) in [6, 6.07) is 0. The van der Waals surface area contributed by atoms with E-state index < -0.39 is 24.3 Å². The quantitative estimate of drug-likeness (QED) is 0.0213. The first-order valence-electron chi connectivity index (χ1n) is 23.7. The van der Waals surface area contributed by atoms with Gasteiger partial charge in [-0.25, -0.2) is 4.79 Å². The van der Waals surface area contributed by atoms with Gasteiger partial charge < -0.3 is 28.5 Å². The Balaban J connectivity index is 4.12. The van der Waals surface area contributed by atoms with Crippen LogP contribution in [0, 0.1) is 0 Å². The van der Waals surface area contributed by atoms with Crippen molar-refractivity contribution in [1.82, 2.24) is 0 Å². The number of esters is 2. The third kappa shape index (κ3) is 41.7. The second kappa shape index (κ2) is 41.3. The number of quaternary nitrogens is 1. The van der Waals surface area contributed by atoms with E-state index in [0.29, 0.717) is 17.4 Å². The predicted octanol–water partition coefficient (Wildman–Crippen LogP) is 12.6. The minimum absolute atomic E-state index is 0.182. The van der Waals surface area contributed by atoms with Crippen molar-refractivity contribution in [2.24, 2.45) is 0 Å². The first-order valence-corrected chi connectivity index (χ1v) is 23.7. The van der Waals surface area contributed by atoms with E-state index in [1.165, 1.54) is 122 Å². The first-order chi connectivity index (χ1) is 28.1. The van der Waals surface area contributed by atoms with Crippen LogP contribution in [-0.2, 0) is 33.3 Å². The van der Waals surface area contributed by atoms with Crippen molar-refractivity contribution in [3.63, 3.8) is 0 Å². The predicted molar refractivity (Wildman–Crippen MR) is 240 cm³/mol. The van der Waals surface area contributed by atoms with Crippen LogP contribution in [0.3, 0.4) is 0 Å². The standard InChI is InChI=1S/C49H89NO8/c1-6-8-10-12-14-15-16-17-18-19-20-21-22-23-24-25-26-27-28-29-30-31-32-33-34-36-38-40-47(52)58-45(43-56-46(51)39-37-35-13-11-9-7-2)44-57-49(48(53)54)55-42-41-50(3,4)5/h16-17,19-20,22-23,45,49H,6-15,18,21,24-44H2,1-5H3/p+1/b17-16-,20-19-,23-22-. The number of carbonyl (C=O) groups is 3. The van der Waals surface area contributed by atoms with E-state index in [1.54, 1.807) is 0 Å². The van der Waals surface area contributed by atoms with Crippen LogP contribution in [0.4, 0.5) is 0 Å². The van der Waals surface area contributed by atoms with Gasteiger partial charge in [0.15, 0.2) is 6.10 Å². The molecule has 0 saturated heterocycles. The monoisotopic (exact) mass is 821 g/mol. The molecule has 0 heterocycles. The van der Waals surface area contributed by atoms with Crippen molar-refractivity contribution in [2.45, 2.75) is 212 Å². The molecule has 0 amide bonds. The molecule has 0 aromatic carbocycles. The van der Waals surface area contributed by atoms with E-state index >= 15 is 0 Å². The summed E-state index contributed by atoms with van der Waals surface area (Å²) in [5.41, 5.74) is 0. The highest BCUT2D eigenvalue weighted by Crippen LogP contribution is 2.15. The van der Waals surface area contributed by atoms with Gasteiger partial charge in [0.25, 0.3) is 6.29 Å². The molecule has 58 heavy (non-hydrogen) atoms. The van der Waals surface area contributed by atoms with Gasteiger partial charge in [-0.3, -0.25) is 9.59 Å². The van der Waals surface area contributed by atoms with Crippen molar-refractivity contribution in [2.75, 3.05) is 47.5 Å².